The van der Waals surface area contributed by atoms with Crippen molar-refractivity contribution in [1.82, 2.24) is 24.5 Å². The number of aryl methyl sites for hydroxylation is 1. The van der Waals surface area contributed by atoms with Gasteiger partial charge < -0.3 is 16.0 Å². The van der Waals surface area contributed by atoms with Crippen LogP contribution in [0.3, 0.4) is 0 Å². The summed E-state index contributed by atoms with van der Waals surface area (Å²) < 4.78 is 15.5. The van der Waals surface area contributed by atoms with Gasteiger partial charge in [-0.3, -0.25) is 9.36 Å². The second-order valence-corrected chi connectivity index (χ2v) is 10.5. The van der Waals surface area contributed by atoms with Gasteiger partial charge in [0.25, 0.3) is 5.56 Å². The first-order chi connectivity index (χ1) is 19.5. The van der Waals surface area contributed by atoms with Gasteiger partial charge in [0.15, 0.2) is 0 Å². The number of urea groups is 1. The largest absolute Gasteiger partial charge is 0.357 e. The molecule has 0 fully saturated rings. The zero-order valence-corrected chi connectivity index (χ0v) is 23.3. The van der Waals surface area contributed by atoms with Crippen LogP contribution in [0.25, 0.3) is 33.4 Å². The Bertz CT molecular complexity index is 1850. The maximum atomic E-state index is 14.0. The maximum absolute atomic E-state index is 14.0. The molecule has 2 amide bonds. The fourth-order valence-corrected chi connectivity index (χ4v) is 4.31. The van der Waals surface area contributed by atoms with Crippen molar-refractivity contribution in [3.8, 4) is 22.4 Å². The van der Waals surface area contributed by atoms with Crippen LogP contribution >= 0.6 is 0 Å². The van der Waals surface area contributed by atoms with Crippen molar-refractivity contribution in [2.24, 2.45) is 7.05 Å². The van der Waals surface area contributed by atoms with Crippen molar-refractivity contribution < 1.29 is 9.18 Å². The molecule has 0 unspecified atom stereocenters. The highest BCUT2D eigenvalue weighted by atomic mass is 19.1. The van der Waals surface area contributed by atoms with Crippen molar-refractivity contribution in [2.75, 3.05) is 23.0 Å². The minimum absolute atomic E-state index is 0.240. The van der Waals surface area contributed by atoms with Crippen molar-refractivity contribution in [3.63, 3.8) is 0 Å². The second kappa shape index (κ2) is 10.8. The summed E-state index contributed by atoms with van der Waals surface area (Å²) in [5.41, 5.74) is 2.64. The minimum atomic E-state index is -0.550. The molecule has 11 heteroatoms. The average Bonchev–Trinajstić information content (AvgIpc) is 2.94. The lowest BCUT2D eigenvalue weighted by Crippen LogP contribution is -2.22. The molecule has 3 N–H and O–H groups in total. The molecule has 3 aromatic heterocycles. The second-order valence-electron chi connectivity index (χ2n) is 10.5. The smallest absolute Gasteiger partial charge is 0.323 e. The number of benzene rings is 2. The molecule has 0 bridgehead atoms. The summed E-state index contributed by atoms with van der Waals surface area (Å²) in [6.07, 6.45) is 3.17. The Morgan fingerprint density at radius 1 is 0.927 bits per heavy atom. The van der Waals surface area contributed by atoms with Crippen LogP contribution in [0.5, 0.6) is 0 Å². The number of carbonyl (C=O) groups is 1. The van der Waals surface area contributed by atoms with Crippen molar-refractivity contribution >= 4 is 34.4 Å². The van der Waals surface area contributed by atoms with Gasteiger partial charge >= 0.3 is 6.03 Å². The summed E-state index contributed by atoms with van der Waals surface area (Å²) in [5, 5.41) is 9.15. The molecule has 208 valence electrons. The molecule has 5 aromatic rings. The summed E-state index contributed by atoms with van der Waals surface area (Å²) in [6.45, 7) is 5.92. The number of pyridine rings is 1. The molecule has 2 aromatic carbocycles. The predicted molar refractivity (Wildman–Crippen MR) is 159 cm³/mol. The normalized spacial score (nSPS) is 11.4. The summed E-state index contributed by atoms with van der Waals surface area (Å²) in [6, 6.07) is 14.1. The maximum Gasteiger partial charge on any atom is 0.323 e. The van der Waals surface area contributed by atoms with E-state index in [2.05, 4.69) is 35.9 Å². The molecule has 0 atom stereocenters. The topological polar surface area (TPSA) is 127 Å². The SMILES string of the molecule is CNc1ncc2cc(-c3cccc(NC(=O)Nc4cnc(C(C)(C)C)nc4-c4cccc(F)c4)c3)c(=O)n(C)c2n1. The lowest BCUT2D eigenvalue weighted by molar-refractivity contribution is 0.262. The van der Waals surface area contributed by atoms with E-state index < -0.39 is 11.8 Å². The Morgan fingerprint density at radius 2 is 1.68 bits per heavy atom. The van der Waals surface area contributed by atoms with Crippen LogP contribution < -0.4 is 21.5 Å². The molecule has 0 radical (unpaired) electrons. The Balaban J connectivity index is 1.44. The molecule has 0 saturated carbocycles. The molecule has 5 rings (SSSR count). The lowest BCUT2D eigenvalue weighted by Gasteiger charge is -2.19. The van der Waals surface area contributed by atoms with Crippen LogP contribution in [0, 0.1) is 5.82 Å². The van der Waals surface area contributed by atoms with Crippen LogP contribution in [0.1, 0.15) is 26.6 Å². The molecular formula is C30H29FN8O2. The molecule has 10 nitrogen and oxygen atoms in total. The summed E-state index contributed by atoms with van der Waals surface area (Å²) >= 11 is 0. The van der Waals surface area contributed by atoms with Gasteiger partial charge in [0.05, 0.1) is 17.6 Å². The number of nitrogens with zero attached hydrogens (tertiary/aromatic N) is 5. The number of hydrogen-bond acceptors (Lipinski definition) is 7. The number of hydrogen-bond donors (Lipinski definition) is 3. The van der Waals surface area contributed by atoms with Gasteiger partial charge in [-0.15, -0.1) is 0 Å². The van der Waals surface area contributed by atoms with Gasteiger partial charge in [-0.2, -0.15) is 4.98 Å². The van der Waals surface area contributed by atoms with E-state index in [-0.39, 0.29) is 11.0 Å². The van der Waals surface area contributed by atoms with Gasteiger partial charge in [0, 0.05) is 47.9 Å². The fourth-order valence-electron chi connectivity index (χ4n) is 4.31. The predicted octanol–water partition coefficient (Wildman–Crippen LogP) is 5.57. The molecule has 0 aliphatic carbocycles. The third-order valence-electron chi connectivity index (χ3n) is 6.41. The van der Waals surface area contributed by atoms with Gasteiger partial charge in [0.2, 0.25) is 5.95 Å². The van der Waals surface area contributed by atoms with Crippen LogP contribution in [0.15, 0.2) is 71.8 Å². The molecular weight excluding hydrogens is 523 g/mol. The van der Waals surface area contributed by atoms with Crippen LogP contribution in [-0.4, -0.2) is 37.6 Å². The number of rotatable bonds is 5. The molecule has 0 aliphatic rings. The van der Waals surface area contributed by atoms with E-state index in [1.165, 1.54) is 22.9 Å². The first kappa shape index (κ1) is 27.4. The number of anilines is 3. The highest BCUT2D eigenvalue weighted by Gasteiger charge is 2.21. The quantitative estimate of drug-likeness (QED) is 0.260. The van der Waals surface area contributed by atoms with Crippen LogP contribution in [-0.2, 0) is 12.5 Å². The van der Waals surface area contributed by atoms with Crippen molar-refractivity contribution in [1.29, 1.82) is 0 Å². The average molecular weight is 553 g/mol. The van der Waals surface area contributed by atoms with E-state index in [4.69, 9.17) is 0 Å². The van der Waals surface area contributed by atoms with E-state index in [9.17, 15) is 14.0 Å². The Kier molecular flexibility index (Phi) is 7.19. The first-order valence-corrected chi connectivity index (χ1v) is 12.9. The van der Waals surface area contributed by atoms with E-state index in [0.717, 1.165) is 0 Å². The molecule has 0 spiro atoms. The van der Waals surface area contributed by atoms with Gasteiger partial charge in [-0.05, 0) is 35.9 Å². The third kappa shape index (κ3) is 5.74. The minimum Gasteiger partial charge on any atom is -0.357 e. The summed E-state index contributed by atoms with van der Waals surface area (Å²) in [5.74, 6) is 0.552. The highest BCUT2D eigenvalue weighted by Crippen LogP contribution is 2.30. The monoisotopic (exact) mass is 552 g/mol. The van der Waals surface area contributed by atoms with Crippen LogP contribution in [0.2, 0.25) is 0 Å². The number of carbonyl (C=O) groups excluding carboxylic acids is 1. The Hall–Kier alpha value is -5.19. The fraction of sp³-hybridized carbons (Fsp3) is 0.200. The number of amides is 2. The Morgan fingerprint density at radius 3 is 2.41 bits per heavy atom. The van der Waals surface area contributed by atoms with Gasteiger partial charge in [-0.1, -0.05) is 45.0 Å². The molecule has 0 saturated heterocycles. The zero-order chi connectivity index (χ0) is 29.3. The van der Waals surface area contributed by atoms with Gasteiger partial charge in [-0.25, -0.2) is 24.1 Å². The summed E-state index contributed by atoms with van der Waals surface area (Å²) in [4.78, 5) is 44.0. The number of nitrogens with one attached hydrogen (secondary N) is 3. The van der Waals surface area contributed by atoms with E-state index in [1.54, 1.807) is 62.8 Å². The molecule has 41 heavy (non-hydrogen) atoms. The van der Waals surface area contributed by atoms with E-state index in [0.29, 0.717) is 56.6 Å². The van der Waals surface area contributed by atoms with Crippen molar-refractivity contribution in [3.05, 3.63) is 89.0 Å². The standard InChI is InChI=1S/C30H29FN8O2/c1-30(2,3)27-33-16-23(24(37-27)18-9-6-10-20(31)12-18)36-29(41)35-21-11-7-8-17(13-21)22-14-19-15-34-28(32-4)38-25(19)39(5)26(22)40/h6-16H,1-5H3,(H,32,34,38)(H2,35,36,41). The Labute approximate surface area is 235 Å². The molecule has 0 aliphatic heterocycles. The first-order valence-electron chi connectivity index (χ1n) is 12.9. The van der Waals surface area contributed by atoms with E-state index in [1.807, 2.05) is 20.8 Å². The summed E-state index contributed by atoms with van der Waals surface area (Å²) in [7, 11) is 3.36. The highest BCUT2D eigenvalue weighted by molar-refractivity contribution is 6.02. The number of halogens is 1. The third-order valence-corrected chi connectivity index (χ3v) is 6.41. The lowest BCUT2D eigenvalue weighted by atomic mass is 9.95. The van der Waals surface area contributed by atoms with Crippen LogP contribution in [0.4, 0.5) is 26.5 Å². The van der Waals surface area contributed by atoms with E-state index >= 15 is 0 Å². The number of fused-ring (bicyclic) bond motifs is 1. The van der Waals surface area contributed by atoms with Crippen molar-refractivity contribution in [2.45, 2.75) is 26.2 Å². The van der Waals surface area contributed by atoms with Gasteiger partial charge in [0.1, 0.15) is 17.3 Å². The zero-order valence-electron chi connectivity index (χ0n) is 23.3. The number of aromatic nitrogens is 5. The molecule has 3 heterocycles.